The molecule has 1 aromatic rings. The summed E-state index contributed by atoms with van der Waals surface area (Å²) < 4.78 is 0. The van der Waals surface area contributed by atoms with Gasteiger partial charge in [-0.1, -0.05) is 13.3 Å². The van der Waals surface area contributed by atoms with Gasteiger partial charge >= 0.3 is 0 Å². The van der Waals surface area contributed by atoms with Crippen LogP contribution in [0.25, 0.3) is 0 Å². The van der Waals surface area contributed by atoms with Crippen LogP contribution in [0.5, 0.6) is 11.5 Å². The van der Waals surface area contributed by atoms with Gasteiger partial charge in [-0.3, -0.25) is 4.79 Å². The molecular weight excluding hydrogens is 256 g/mol. The highest BCUT2D eigenvalue weighted by molar-refractivity contribution is 5.95. The summed E-state index contributed by atoms with van der Waals surface area (Å²) >= 11 is 0. The molecule has 1 aliphatic heterocycles. The summed E-state index contributed by atoms with van der Waals surface area (Å²) in [5.41, 5.74) is 0.334. The number of benzene rings is 1. The molecule has 1 fully saturated rings. The molecule has 1 heterocycles. The highest BCUT2D eigenvalue weighted by Crippen LogP contribution is 2.25. The molecule has 0 aromatic heterocycles. The number of carbonyl (C=O) groups is 1. The average molecular weight is 278 g/mol. The second kappa shape index (κ2) is 6.13. The molecule has 1 aliphatic rings. The van der Waals surface area contributed by atoms with E-state index in [1.165, 1.54) is 18.2 Å². The molecule has 2 atom stereocenters. The minimum absolute atomic E-state index is 0.0921. The van der Waals surface area contributed by atoms with Gasteiger partial charge in [0.15, 0.2) is 0 Å². The SMILES string of the molecule is CCC1CN(C(=O)c2cc(O)cc(O)c2)CCC1NC. The Balaban J connectivity index is 2.13. The molecule has 3 N–H and O–H groups in total. The van der Waals surface area contributed by atoms with Crippen LogP contribution >= 0.6 is 0 Å². The zero-order valence-corrected chi connectivity index (χ0v) is 12.0. The summed E-state index contributed by atoms with van der Waals surface area (Å²) in [6, 6.07) is 4.46. The van der Waals surface area contributed by atoms with Gasteiger partial charge in [0.05, 0.1) is 0 Å². The number of hydrogen-bond acceptors (Lipinski definition) is 4. The largest absolute Gasteiger partial charge is 0.508 e. The second-order valence-electron chi connectivity index (χ2n) is 5.34. The van der Waals surface area contributed by atoms with Crippen molar-refractivity contribution < 1.29 is 15.0 Å². The van der Waals surface area contributed by atoms with E-state index in [1.807, 2.05) is 7.05 Å². The van der Waals surface area contributed by atoms with Crippen LogP contribution in [0.1, 0.15) is 30.1 Å². The van der Waals surface area contributed by atoms with Crippen molar-refractivity contribution in [1.29, 1.82) is 0 Å². The minimum atomic E-state index is -0.135. The van der Waals surface area contributed by atoms with E-state index in [0.717, 1.165) is 12.8 Å². The lowest BCUT2D eigenvalue weighted by atomic mass is 9.89. The van der Waals surface area contributed by atoms with Crippen LogP contribution in [-0.4, -0.2) is 47.2 Å². The monoisotopic (exact) mass is 278 g/mol. The van der Waals surface area contributed by atoms with E-state index in [0.29, 0.717) is 30.6 Å². The topological polar surface area (TPSA) is 72.8 Å². The standard InChI is InChI=1S/C15H22N2O3/c1-3-10-9-17(5-4-14(10)16-2)15(20)11-6-12(18)8-13(19)7-11/h6-8,10,14,16,18-19H,3-5,9H2,1-2H3. The number of carbonyl (C=O) groups excluding carboxylic acids is 1. The zero-order chi connectivity index (χ0) is 14.7. The fourth-order valence-electron chi connectivity index (χ4n) is 2.91. The number of phenols is 2. The van der Waals surface area contributed by atoms with E-state index in [-0.39, 0.29) is 17.4 Å². The first-order valence-electron chi connectivity index (χ1n) is 7.04. The van der Waals surface area contributed by atoms with Crippen molar-refractivity contribution in [3.05, 3.63) is 23.8 Å². The molecule has 5 nitrogen and oxygen atoms in total. The van der Waals surface area contributed by atoms with Crippen LogP contribution in [0, 0.1) is 5.92 Å². The Bertz CT molecular complexity index is 470. The van der Waals surface area contributed by atoms with E-state index in [9.17, 15) is 15.0 Å². The van der Waals surface area contributed by atoms with Crippen LogP contribution in [0.4, 0.5) is 0 Å². The van der Waals surface area contributed by atoms with Crippen molar-refractivity contribution in [3.63, 3.8) is 0 Å². The molecule has 0 aliphatic carbocycles. The molecule has 1 aromatic carbocycles. The Morgan fingerprint density at radius 1 is 1.35 bits per heavy atom. The molecule has 1 amide bonds. The highest BCUT2D eigenvalue weighted by atomic mass is 16.3. The van der Waals surface area contributed by atoms with Gasteiger partial charge in [0.1, 0.15) is 11.5 Å². The van der Waals surface area contributed by atoms with Gasteiger partial charge in [-0.2, -0.15) is 0 Å². The maximum absolute atomic E-state index is 12.4. The number of piperidine rings is 1. The number of amides is 1. The molecule has 2 rings (SSSR count). The van der Waals surface area contributed by atoms with Gasteiger partial charge in [0.25, 0.3) is 5.91 Å². The van der Waals surface area contributed by atoms with Crippen molar-refractivity contribution in [2.75, 3.05) is 20.1 Å². The summed E-state index contributed by atoms with van der Waals surface area (Å²) in [5.74, 6) is 0.115. The first-order valence-corrected chi connectivity index (χ1v) is 7.04. The van der Waals surface area contributed by atoms with E-state index in [2.05, 4.69) is 12.2 Å². The lowest BCUT2D eigenvalue weighted by molar-refractivity contribution is 0.0631. The third-order valence-corrected chi connectivity index (χ3v) is 4.07. The van der Waals surface area contributed by atoms with Crippen LogP contribution < -0.4 is 5.32 Å². The molecule has 0 spiro atoms. The Labute approximate surface area is 119 Å². The molecule has 2 unspecified atom stereocenters. The predicted octanol–water partition coefficient (Wildman–Crippen LogP) is 1.56. The molecule has 0 saturated carbocycles. The number of nitrogens with one attached hydrogen (secondary N) is 1. The molecule has 0 bridgehead atoms. The fraction of sp³-hybridized carbons (Fsp3) is 0.533. The molecule has 20 heavy (non-hydrogen) atoms. The lowest BCUT2D eigenvalue weighted by Crippen LogP contribution is -2.50. The van der Waals surface area contributed by atoms with Gasteiger partial charge in [-0.25, -0.2) is 0 Å². The Morgan fingerprint density at radius 3 is 2.55 bits per heavy atom. The van der Waals surface area contributed by atoms with Gasteiger partial charge in [0.2, 0.25) is 0 Å². The van der Waals surface area contributed by atoms with Crippen molar-refractivity contribution in [2.45, 2.75) is 25.8 Å². The number of hydrogen-bond donors (Lipinski definition) is 3. The van der Waals surface area contributed by atoms with Gasteiger partial charge in [-0.05, 0) is 31.5 Å². The van der Waals surface area contributed by atoms with Crippen molar-refractivity contribution in [3.8, 4) is 11.5 Å². The average Bonchev–Trinajstić information content (AvgIpc) is 2.44. The molecule has 1 saturated heterocycles. The third kappa shape index (κ3) is 3.04. The quantitative estimate of drug-likeness (QED) is 0.784. The summed E-state index contributed by atoms with van der Waals surface area (Å²) in [6.07, 6.45) is 1.94. The van der Waals surface area contributed by atoms with Gasteiger partial charge < -0.3 is 20.4 Å². The van der Waals surface area contributed by atoms with Gasteiger partial charge in [-0.15, -0.1) is 0 Å². The zero-order valence-electron chi connectivity index (χ0n) is 12.0. The number of phenolic OH excluding ortho intramolecular Hbond substituents is 2. The van der Waals surface area contributed by atoms with Gasteiger partial charge in [0, 0.05) is 30.8 Å². The number of rotatable bonds is 3. The first kappa shape index (κ1) is 14.7. The van der Waals surface area contributed by atoms with Crippen LogP contribution in [-0.2, 0) is 0 Å². The number of likely N-dealkylation sites (tertiary alicyclic amines) is 1. The van der Waals surface area contributed by atoms with Crippen molar-refractivity contribution in [2.24, 2.45) is 5.92 Å². The van der Waals surface area contributed by atoms with Crippen LogP contribution in [0.15, 0.2) is 18.2 Å². The van der Waals surface area contributed by atoms with E-state index < -0.39 is 0 Å². The van der Waals surface area contributed by atoms with Crippen LogP contribution in [0.2, 0.25) is 0 Å². The molecule has 0 radical (unpaired) electrons. The summed E-state index contributed by atoms with van der Waals surface area (Å²) in [7, 11) is 1.96. The smallest absolute Gasteiger partial charge is 0.254 e. The molecule has 110 valence electrons. The Morgan fingerprint density at radius 2 is 2.00 bits per heavy atom. The molecule has 5 heteroatoms. The Hall–Kier alpha value is -1.75. The van der Waals surface area contributed by atoms with E-state index in [1.54, 1.807) is 4.90 Å². The maximum Gasteiger partial charge on any atom is 0.254 e. The third-order valence-electron chi connectivity index (χ3n) is 4.07. The second-order valence-corrected chi connectivity index (χ2v) is 5.34. The lowest BCUT2D eigenvalue weighted by Gasteiger charge is -2.38. The number of nitrogens with zero attached hydrogens (tertiary/aromatic N) is 1. The van der Waals surface area contributed by atoms with Crippen LogP contribution in [0.3, 0.4) is 0 Å². The van der Waals surface area contributed by atoms with Crippen molar-refractivity contribution in [1.82, 2.24) is 10.2 Å². The number of aromatic hydroxyl groups is 2. The fourth-order valence-corrected chi connectivity index (χ4v) is 2.91. The minimum Gasteiger partial charge on any atom is -0.508 e. The van der Waals surface area contributed by atoms with Crippen molar-refractivity contribution >= 4 is 5.91 Å². The summed E-state index contributed by atoms with van der Waals surface area (Å²) in [4.78, 5) is 14.2. The van der Waals surface area contributed by atoms with E-state index in [4.69, 9.17) is 0 Å². The first-order chi connectivity index (χ1) is 9.55. The summed E-state index contributed by atoms with van der Waals surface area (Å²) in [6.45, 7) is 3.53. The predicted molar refractivity (Wildman–Crippen MR) is 76.9 cm³/mol. The van der Waals surface area contributed by atoms with E-state index >= 15 is 0 Å². The molecular formula is C15H22N2O3. The normalized spacial score (nSPS) is 22.8. The Kier molecular flexibility index (Phi) is 4.49. The maximum atomic E-state index is 12.4. The highest BCUT2D eigenvalue weighted by Gasteiger charge is 2.30. The summed E-state index contributed by atoms with van der Waals surface area (Å²) in [5, 5.41) is 22.3.